The lowest BCUT2D eigenvalue weighted by Crippen LogP contribution is -2.57. The Labute approximate surface area is 226 Å². The number of fused-ring (bicyclic) bond motifs is 1. The molecule has 3 fully saturated rings. The Bertz CT molecular complexity index is 1030. The first-order valence-electron chi connectivity index (χ1n) is 13.0. The fourth-order valence-corrected chi connectivity index (χ4v) is 7.24. The van der Waals surface area contributed by atoms with Crippen LogP contribution >= 0.6 is 15.9 Å². The number of carbonyl (C=O) groups is 3. The van der Waals surface area contributed by atoms with E-state index in [0.29, 0.717) is 12.1 Å². The Morgan fingerprint density at radius 2 is 1.89 bits per heavy atom. The molecule has 37 heavy (non-hydrogen) atoms. The minimum Gasteiger partial charge on any atom is -0.466 e. The minimum atomic E-state index is -1.19. The molecule has 0 aromatic heterocycles. The molecule has 0 saturated carbocycles. The molecule has 1 aromatic carbocycles. The average Bonchev–Trinajstić information content (AvgIpc) is 3.47. The zero-order valence-electron chi connectivity index (χ0n) is 21.6. The van der Waals surface area contributed by atoms with Gasteiger partial charge in [0, 0.05) is 42.4 Å². The maximum Gasteiger partial charge on any atom is 0.312 e. The number of ether oxygens (including phenoxy) is 2. The first-order chi connectivity index (χ1) is 17.8. The Balaban J connectivity index is 1.73. The number of hydrogen-bond donors (Lipinski definition) is 1. The largest absolute Gasteiger partial charge is 0.466 e. The number of rotatable bonds is 11. The third-order valence-corrected chi connectivity index (χ3v) is 8.64. The van der Waals surface area contributed by atoms with Crippen molar-refractivity contribution in [3.8, 4) is 0 Å². The van der Waals surface area contributed by atoms with Crippen LogP contribution in [0.2, 0.25) is 0 Å². The molecule has 4 rings (SSSR count). The predicted octanol–water partition coefficient (Wildman–Crippen LogP) is 2.36. The second-order valence-electron chi connectivity index (χ2n) is 9.60. The Morgan fingerprint density at radius 1 is 1.24 bits per heavy atom. The number of β-amino-alcohol motifs (C(OH)–C–C–N with tert-alkyl or cyclic N) is 1. The summed E-state index contributed by atoms with van der Waals surface area (Å²) >= 11 is 3.63. The van der Waals surface area contributed by atoms with E-state index < -0.39 is 35.6 Å². The fraction of sp³-hybridized carbons (Fsp3) is 0.593. The molecule has 2 bridgehead atoms. The van der Waals surface area contributed by atoms with E-state index in [9.17, 15) is 19.5 Å². The molecule has 1 aromatic rings. The van der Waals surface area contributed by atoms with Crippen LogP contribution in [0.15, 0.2) is 36.9 Å². The smallest absolute Gasteiger partial charge is 0.312 e. The minimum absolute atomic E-state index is 0.0349. The van der Waals surface area contributed by atoms with E-state index >= 15 is 0 Å². The van der Waals surface area contributed by atoms with E-state index in [1.54, 1.807) is 17.9 Å². The molecule has 1 N–H and O–H groups in total. The van der Waals surface area contributed by atoms with Crippen LogP contribution in [0.5, 0.6) is 0 Å². The van der Waals surface area contributed by atoms with E-state index in [2.05, 4.69) is 41.3 Å². The lowest BCUT2D eigenvalue weighted by molar-refractivity contribution is -0.154. The highest BCUT2D eigenvalue weighted by atomic mass is 79.9. The zero-order chi connectivity index (χ0) is 26.9. The van der Waals surface area contributed by atoms with Crippen LogP contribution in [-0.2, 0) is 23.9 Å². The van der Waals surface area contributed by atoms with Gasteiger partial charge >= 0.3 is 5.97 Å². The van der Waals surface area contributed by atoms with Gasteiger partial charge in [-0.05, 0) is 51.5 Å². The van der Waals surface area contributed by atoms with Crippen LogP contribution in [0.4, 0.5) is 11.4 Å². The normalized spacial score (nSPS) is 29.8. The van der Waals surface area contributed by atoms with Gasteiger partial charge in [0.2, 0.25) is 5.91 Å². The third-order valence-electron chi connectivity index (χ3n) is 7.79. The van der Waals surface area contributed by atoms with Gasteiger partial charge in [-0.2, -0.15) is 0 Å². The van der Waals surface area contributed by atoms with Crippen LogP contribution in [0.3, 0.4) is 0 Å². The molecule has 10 heteroatoms. The van der Waals surface area contributed by atoms with Crippen molar-refractivity contribution >= 4 is 45.1 Å². The summed E-state index contributed by atoms with van der Waals surface area (Å²) in [5.74, 6) is -2.84. The summed E-state index contributed by atoms with van der Waals surface area (Å²) < 4.78 is 11.7. The third kappa shape index (κ3) is 4.46. The van der Waals surface area contributed by atoms with E-state index in [0.717, 1.165) is 18.8 Å². The molecule has 0 aliphatic carbocycles. The molecule has 3 saturated heterocycles. The number of anilines is 2. The quantitative estimate of drug-likeness (QED) is 0.245. The standard InChI is InChI=1S/C27H36BrN3O6/c1-5-13-30(18-11-9-17(10-12-18)29(6-2)7-3)25(34)23-27-16-19(28)22(37-27)20(26(35)36-8-4)21(27)24(33)31(23)14-15-32/h5,9-12,19-23,32H,1,6-8,13-16H2,2-4H3/t19?,20-,21+,22-,23?,27?/m1/s1. The van der Waals surface area contributed by atoms with Crippen LogP contribution in [-0.4, -0.2) is 89.8 Å². The second kappa shape index (κ2) is 11.1. The molecular weight excluding hydrogens is 542 g/mol. The Hall–Kier alpha value is -2.43. The molecule has 3 aliphatic heterocycles. The Kier molecular flexibility index (Phi) is 8.30. The van der Waals surface area contributed by atoms with Crippen molar-refractivity contribution in [1.82, 2.24) is 4.90 Å². The van der Waals surface area contributed by atoms with E-state index in [1.165, 1.54) is 4.90 Å². The average molecular weight is 579 g/mol. The van der Waals surface area contributed by atoms with Crippen molar-refractivity contribution in [3.63, 3.8) is 0 Å². The van der Waals surface area contributed by atoms with Crippen LogP contribution in [0.1, 0.15) is 27.2 Å². The van der Waals surface area contributed by atoms with Gasteiger partial charge in [-0.3, -0.25) is 14.4 Å². The van der Waals surface area contributed by atoms with Crippen molar-refractivity contribution < 1.29 is 29.0 Å². The molecule has 2 amide bonds. The lowest BCUT2D eigenvalue weighted by Gasteiger charge is -2.37. The number of halogens is 1. The zero-order valence-corrected chi connectivity index (χ0v) is 23.2. The summed E-state index contributed by atoms with van der Waals surface area (Å²) in [6.45, 7) is 11.5. The predicted molar refractivity (Wildman–Crippen MR) is 144 cm³/mol. The summed E-state index contributed by atoms with van der Waals surface area (Å²) in [5.41, 5.74) is 0.524. The summed E-state index contributed by atoms with van der Waals surface area (Å²) in [7, 11) is 0. The van der Waals surface area contributed by atoms with Gasteiger partial charge < -0.3 is 29.3 Å². The van der Waals surface area contributed by atoms with E-state index in [-0.39, 0.29) is 42.9 Å². The first-order valence-corrected chi connectivity index (χ1v) is 13.9. The molecule has 3 unspecified atom stereocenters. The van der Waals surface area contributed by atoms with Gasteiger partial charge in [0.15, 0.2) is 0 Å². The highest BCUT2D eigenvalue weighted by Crippen LogP contribution is 2.60. The van der Waals surface area contributed by atoms with Gasteiger partial charge in [-0.1, -0.05) is 22.0 Å². The highest BCUT2D eigenvalue weighted by molar-refractivity contribution is 9.09. The van der Waals surface area contributed by atoms with Gasteiger partial charge in [0.05, 0.1) is 31.2 Å². The van der Waals surface area contributed by atoms with Gasteiger partial charge in [-0.25, -0.2) is 0 Å². The van der Waals surface area contributed by atoms with Gasteiger partial charge in [0.25, 0.3) is 5.91 Å². The monoisotopic (exact) mass is 577 g/mol. The number of amides is 2. The SMILES string of the molecule is C=CCN(C(=O)C1N(CCO)C(=O)[C@@H]2[C@@H](C(=O)OCC)[C@@H]3OC12CC3Br)c1ccc(N(CC)CC)cc1. The number of aliphatic hydroxyl groups is 1. The van der Waals surface area contributed by atoms with Crippen molar-refractivity contribution in [2.75, 3.05) is 49.2 Å². The fourth-order valence-electron chi connectivity index (χ4n) is 6.30. The first kappa shape index (κ1) is 27.6. The summed E-state index contributed by atoms with van der Waals surface area (Å²) in [6, 6.07) is 6.73. The molecule has 9 nitrogen and oxygen atoms in total. The second-order valence-corrected chi connectivity index (χ2v) is 10.8. The molecule has 202 valence electrons. The molecule has 0 radical (unpaired) electrons. The number of carbonyl (C=O) groups excluding carboxylic acids is 3. The van der Waals surface area contributed by atoms with Gasteiger partial charge in [-0.15, -0.1) is 6.58 Å². The van der Waals surface area contributed by atoms with Crippen LogP contribution < -0.4 is 9.80 Å². The number of likely N-dealkylation sites (tertiary alicyclic amines) is 1. The number of benzene rings is 1. The Morgan fingerprint density at radius 3 is 2.46 bits per heavy atom. The summed E-state index contributed by atoms with van der Waals surface area (Å²) in [4.78, 5) is 46.0. The van der Waals surface area contributed by atoms with Crippen LogP contribution in [0, 0.1) is 11.8 Å². The topological polar surface area (TPSA) is 99.6 Å². The van der Waals surface area contributed by atoms with E-state index in [4.69, 9.17) is 9.47 Å². The molecule has 1 spiro atoms. The molecular formula is C27H36BrN3O6. The number of alkyl halides is 1. The molecule has 3 heterocycles. The maximum absolute atomic E-state index is 14.3. The summed E-state index contributed by atoms with van der Waals surface area (Å²) in [5, 5.41) is 9.79. The lowest BCUT2D eigenvalue weighted by atomic mass is 9.70. The van der Waals surface area contributed by atoms with Crippen molar-refractivity contribution in [2.24, 2.45) is 11.8 Å². The maximum atomic E-state index is 14.3. The molecule has 3 aliphatic rings. The van der Waals surface area contributed by atoms with Crippen LogP contribution in [0.25, 0.3) is 0 Å². The number of hydrogen-bond acceptors (Lipinski definition) is 7. The number of nitrogens with zero attached hydrogens (tertiary/aromatic N) is 3. The number of esters is 1. The molecule has 6 atom stereocenters. The number of aliphatic hydroxyl groups excluding tert-OH is 1. The van der Waals surface area contributed by atoms with Gasteiger partial charge in [0.1, 0.15) is 11.6 Å². The van der Waals surface area contributed by atoms with E-state index in [1.807, 2.05) is 24.3 Å². The summed E-state index contributed by atoms with van der Waals surface area (Å²) in [6.07, 6.45) is 1.46. The van der Waals surface area contributed by atoms with Crippen molar-refractivity contribution in [1.29, 1.82) is 0 Å². The highest BCUT2D eigenvalue weighted by Gasteiger charge is 2.77. The van der Waals surface area contributed by atoms with Crippen molar-refractivity contribution in [3.05, 3.63) is 36.9 Å². The van der Waals surface area contributed by atoms with Crippen molar-refractivity contribution in [2.45, 2.75) is 49.8 Å².